The van der Waals surface area contributed by atoms with E-state index in [-0.39, 0.29) is 16.9 Å². The number of aliphatic hydroxyl groups excluding tert-OH is 1. The van der Waals surface area contributed by atoms with Gasteiger partial charge in [0.15, 0.2) is 0 Å². The number of rotatable bonds is 4. The second kappa shape index (κ2) is 5.78. The van der Waals surface area contributed by atoms with Crippen molar-refractivity contribution in [2.24, 2.45) is 5.92 Å². The van der Waals surface area contributed by atoms with Crippen LogP contribution in [-0.2, 0) is 10.0 Å². The molecule has 106 valence electrons. The number of aliphatic hydroxyl groups is 1. The molecule has 0 heterocycles. The predicted octanol–water partition coefficient (Wildman–Crippen LogP) is 1.47. The van der Waals surface area contributed by atoms with Crippen LogP contribution in [0, 0.1) is 5.92 Å². The van der Waals surface area contributed by atoms with Gasteiger partial charge < -0.3 is 10.8 Å². The van der Waals surface area contributed by atoms with Crippen molar-refractivity contribution in [1.82, 2.24) is 4.72 Å². The van der Waals surface area contributed by atoms with Gasteiger partial charge in [0, 0.05) is 16.7 Å². The first-order chi connectivity index (χ1) is 8.88. The van der Waals surface area contributed by atoms with Gasteiger partial charge in [-0.2, -0.15) is 0 Å². The van der Waals surface area contributed by atoms with Gasteiger partial charge in [-0.3, -0.25) is 0 Å². The first kappa shape index (κ1) is 14.8. The first-order valence-corrected chi connectivity index (χ1v) is 8.39. The zero-order valence-electron chi connectivity index (χ0n) is 10.3. The summed E-state index contributed by atoms with van der Waals surface area (Å²) in [6, 6.07) is 4.52. The molecule has 0 aliphatic heterocycles. The monoisotopic (exact) mass is 348 g/mol. The standard InChI is InChI=1S/C12H17BrN2O3S/c13-11-6-10(3-4-12(11)14)19(17,18)15-7-8-1-2-9(16)5-8/h3-4,6,8-9,15-16H,1-2,5,7,14H2. The largest absolute Gasteiger partial charge is 0.398 e. The summed E-state index contributed by atoms with van der Waals surface area (Å²) >= 11 is 3.21. The van der Waals surface area contributed by atoms with Gasteiger partial charge in [-0.1, -0.05) is 0 Å². The van der Waals surface area contributed by atoms with Crippen LogP contribution >= 0.6 is 15.9 Å². The third-order valence-corrected chi connectivity index (χ3v) is 5.47. The minimum absolute atomic E-state index is 0.187. The number of hydrogen-bond donors (Lipinski definition) is 3. The van der Waals surface area contributed by atoms with Crippen LogP contribution in [0.2, 0.25) is 0 Å². The number of sulfonamides is 1. The Morgan fingerprint density at radius 1 is 1.42 bits per heavy atom. The molecular formula is C12H17BrN2O3S. The molecule has 1 fully saturated rings. The van der Waals surface area contributed by atoms with E-state index in [1.807, 2.05) is 0 Å². The zero-order chi connectivity index (χ0) is 14.0. The molecule has 2 rings (SSSR count). The van der Waals surface area contributed by atoms with E-state index in [1.54, 1.807) is 6.07 Å². The molecule has 2 atom stereocenters. The average molecular weight is 349 g/mol. The van der Waals surface area contributed by atoms with Gasteiger partial charge in [0.2, 0.25) is 10.0 Å². The molecule has 0 aromatic heterocycles. The minimum atomic E-state index is -3.52. The molecule has 1 aromatic rings. The first-order valence-electron chi connectivity index (χ1n) is 6.11. The maximum absolute atomic E-state index is 12.1. The van der Waals surface area contributed by atoms with E-state index in [0.717, 1.165) is 12.8 Å². The van der Waals surface area contributed by atoms with Crippen LogP contribution in [-0.4, -0.2) is 26.2 Å². The highest BCUT2D eigenvalue weighted by molar-refractivity contribution is 9.10. The number of benzene rings is 1. The van der Waals surface area contributed by atoms with Gasteiger partial charge in [0.25, 0.3) is 0 Å². The van der Waals surface area contributed by atoms with Crippen molar-refractivity contribution in [1.29, 1.82) is 0 Å². The summed E-state index contributed by atoms with van der Waals surface area (Å²) in [6.07, 6.45) is 1.98. The predicted molar refractivity (Wildman–Crippen MR) is 77.1 cm³/mol. The molecule has 2 unspecified atom stereocenters. The number of nitrogen functional groups attached to an aromatic ring is 1. The lowest BCUT2D eigenvalue weighted by Crippen LogP contribution is -2.28. The van der Waals surface area contributed by atoms with E-state index in [4.69, 9.17) is 5.73 Å². The molecule has 1 aliphatic rings. The average Bonchev–Trinajstić information content (AvgIpc) is 2.76. The van der Waals surface area contributed by atoms with Gasteiger partial charge in [0.05, 0.1) is 11.0 Å². The molecule has 0 bridgehead atoms. The van der Waals surface area contributed by atoms with Crippen molar-refractivity contribution in [2.75, 3.05) is 12.3 Å². The fourth-order valence-corrected chi connectivity index (χ4v) is 3.89. The van der Waals surface area contributed by atoms with Crippen LogP contribution in [0.1, 0.15) is 19.3 Å². The highest BCUT2D eigenvalue weighted by Crippen LogP contribution is 2.26. The van der Waals surface area contributed by atoms with Gasteiger partial charge in [-0.05, 0) is 59.3 Å². The molecule has 1 saturated carbocycles. The summed E-state index contributed by atoms with van der Waals surface area (Å²) in [5, 5.41) is 9.42. The summed E-state index contributed by atoms with van der Waals surface area (Å²) in [6.45, 7) is 0.362. The van der Waals surface area contributed by atoms with E-state index < -0.39 is 10.0 Å². The number of hydrogen-bond acceptors (Lipinski definition) is 4. The van der Waals surface area contributed by atoms with E-state index in [0.29, 0.717) is 23.1 Å². The van der Waals surface area contributed by atoms with E-state index in [1.165, 1.54) is 12.1 Å². The molecular weight excluding hydrogens is 332 g/mol. The number of anilines is 1. The fourth-order valence-electron chi connectivity index (χ4n) is 2.22. The normalized spacial score (nSPS) is 23.7. The third-order valence-electron chi connectivity index (χ3n) is 3.36. The minimum Gasteiger partial charge on any atom is -0.398 e. The molecule has 4 N–H and O–H groups in total. The SMILES string of the molecule is Nc1ccc(S(=O)(=O)NCC2CCC(O)C2)cc1Br. The summed E-state index contributed by atoms with van der Waals surface area (Å²) in [4.78, 5) is 0.187. The Bertz CT molecular complexity index is 562. The van der Waals surface area contributed by atoms with E-state index >= 15 is 0 Å². The second-order valence-corrected chi connectivity index (χ2v) is 7.49. The smallest absolute Gasteiger partial charge is 0.240 e. The highest BCUT2D eigenvalue weighted by atomic mass is 79.9. The summed E-state index contributed by atoms with van der Waals surface area (Å²) in [5.41, 5.74) is 6.13. The number of nitrogens with two attached hydrogens (primary N) is 1. The maximum Gasteiger partial charge on any atom is 0.240 e. The lowest BCUT2D eigenvalue weighted by Gasteiger charge is -2.12. The Labute approximate surface area is 121 Å². The van der Waals surface area contributed by atoms with Crippen molar-refractivity contribution in [3.8, 4) is 0 Å². The quantitative estimate of drug-likeness (QED) is 0.718. The van der Waals surface area contributed by atoms with Crippen molar-refractivity contribution in [3.63, 3.8) is 0 Å². The van der Waals surface area contributed by atoms with Crippen molar-refractivity contribution < 1.29 is 13.5 Å². The van der Waals surface area contributed by atoms with Crippen molar-refractivity contribution in [2.45, 2.75) is 30.3 Å². The van der Waals surface area contributed by atoms with Crippen LogP contribution in [0.5, 0.6) is 0 Å². The number of nitrogens with one attached hydrogen (secondary N) is 1. The molecule has 1 aromatic carbocycles. The van der Waals surface area contributed by atoms with Crippen molar-refractivity contribution >= 4 is 31.6 Å². The third kappa shape index (κ3) is 3.68. The molecule has 1 aliphatic carbocycles. The van der Waals surface area contributed by atoms with Crippen LogP contribution in [0.15, 0.2) is 27.6 Å². The van der Waals surface area contributed by atoms with Crippen LogP contribution < -0.4 is 10.5 Å². The maximum atomic E-state index is 12.1. The van der Waals surface area contributed by atoms with Gasteiger partial charge >= 0.3 is 0 Å². The lowest BCUT2D eigenvalue weighted by atomic mass is 10.1. The highest BCUT2D eigenvalue weighted by Gasteiger charge is 2.24. The lowest BCUT2D eigenvalue weighted by molar-refractivity contribution is 0.178. The number of halogens is 1. The fraction of sp³-hybridized carbons (Fsp3) is 0.500. The molecule has 19 heavy (non-hydrogen) atoms. The van der Waals surface area contributed by atoms with Crippen molar-refractivity contribution in [3.05, 3.63) is 22.7 Å². The van der Waals surface area contributed by atoms with E-state index in [2.05, 4.69) is 20.7 Å². The Hall–Kier alpha value is -0.630. The zero-order valence-corrected chi connectivity index (χ0v) is 12.7. The molecule has 0 spiro atoms. The second-order valence-electron chi connectivity index (χ2n) is 4.87. The molecule has 0 amide bonds. The molecule has 5 nitrogen and oxygen atoms in total. The van der Waals surface area contributed by atoms with Crippen LogP contribution in [0.4, 0.5) is 5.69 Å². The molecule has 0 saturated heterocycles. The topological polar surface area (TPSA) is 92.4 Å². The summed E-state index contributed by atoms with van der Waals surface area (Å²) < 4.78 is 27.3. The molecule has 7 heteroatoms. The summed E-state index contributed by atoms with van der Waals surface area (Å²) in [5.74, 6) is 0.210. The van der Waals surface area contributed by atoms with Gasteiger partial charge in [-0.15, -0.1) is 0 Å². The Kier molecular flexibility index (Phi) is 4.50. The Balaban J connectivity index is 2.03. The Morgan fingerprint density at radius 3 is 2.74 bits per heavy atom. The van der Waals surface area contributed by atoms with E-state index in [9.17, 15) is 13.5 Å². The van der Waals surface area contributed by atoms with Gasteiger partial charge in [0.1, 0.15) is 0 Å². The van der Waals surface area contributed by atoms with Gasteiger partial charge in [-0.25, -0.2) is 13.1 Å². The summed E-state index contributed by atoms with van der Waals surface area (Å²) in [7, 11) is -3.52. The Morgan fingerprint density at radius 2 is 2.16 bits per heavy atom. The van der Waals surface area contributed by atoms with Crippen LogP contribution in [0.25, 0.3) is 0 Å². The molecule has 0 radical (unpaired) electrons. The van der Waals surface area contributed by atoms with Crippen LogP contribution in [0.3, 0.4) is 0 Å².